The summed E-state index contributed by atoms with van der Waals surface area (Å²) in [6, 6.07) is 0. The molecule has 3 heteroatoms. The molecule has 1 saturated heterocycles. The van der Waals surface area contributed by atoms with Crippen LogP contribution in [0, 0.1) is 0 Å². The summed E-state index contributed by atoms with van der Waals surface area (Å²) in [6.07, 6.45) is 9.30. The number of allylic oxidation sites excluding steroid dienone is 4. The highest BCUT2D eigenvalue weighted by Crippen LogP contribution is 2.24. The molecule has 0 saturated carbocycles. The SMILES string of the molecule is C/C=C/CC/C=C/CC(=O)C1OC1C(C)=O. The Hall–Kier alpha value is -1.22. The topological polar surface area (TPSA) is 46.7 Å². The van der Waals surface area contributed by atoms with Gasteiger partial charge >= 0.3 is 0 Å². The van der Waals surface area contributed by atoms with E-state index in [0.717, 1.165) is 12.8 Å². The lowest BCUT2D eigenvalue weighted by molar-refractivity contribution is -0.120. The van der Waals surface area contributed by atoms with Crippen molar-refractivity contribution in [2.24, 2.45) is 0 Å². The molecule has 0 radical (unpaired) electrons. The van der Waals surface area contributed by atoms with E-state index in [1.165, 1.54) is 6.92 Å². The molecule has 1 aliphatic heterocycles. The van der Waals surface area contributed by atoms with Crippen molar-refractivity contribution in [3.05, 3.63) is 24.3 Å². The predicted molar refractivity (Wildman–Crippen MR) is 62.2 cm³/mol. The monoisotopic (exact) mass is 222 g/mol. The van der Waals surface area contributed by atoms with Gasteiger partial charge in [-0.25, -0.2) is 0 Å². The van der Waals surface area contributed by atoms with Gasteiger partial charge in [-0.05, 0) is 26.7 Å². The minimum atomic E-state index is -0.474. The van der Waals surface area contributed by atoms with Crippen molar-refractivity contribution in [3.8, 4) is 0 Å². The highest BCUT2D eigenvalue weighted by atomic mass is 16.6. The minimum Gasteiger partial charge on any atom is -0.353 e. The molecule has 1 aliphatic rings. The Kier molecular flexibility index (Phi) is 5.12. The van der Waals surface area contributed by atoms with E-state index >= 15 is 0 Å². The largest absolute Gasteiger partial charge is 0.353 e. The molecule has 2 atom stereocenters. The number of unbranched alkanes of at least 4 members (excludes halogenated alkanes) is 1. The lowest BCUT2D eigenvalue weighted by Crippen LogP contribution is -2.13. The Morgan fingerprint density at radius 3 is 2.38 bits per heavy atom. The van der Waals surface area contributed by atoms with Crippen molar-refractivity contribution in [2.45, 2.75) is 45.3 Å². The van der Waals surface area contributed by atoms with Gasteiger partial charge in [0.15, 0.2) is 17.7 Å². The molecule has 16 heavy (non-hydrogen) atoms. The second kappa shape index (κ2) is 6.38. The molecule has 0 aromatic carbocycles. The summed E-state index contributed by atoms with van der Waals surface area (Å²) in [5.41, 5.74) is 0. The Bertz CT molecular complexity index is 315. The average molecular weight is 222 g/mol. The third-order valence-electron chi connectivity index (χ3n) is 2.43. The number of epoxide rings is 1. The van der Waals surface area contributed by atoms with Gasteiger partial charge in [-0.2, -0.15) is 0 Å². The van der Waals surface area contributed by atoms with Crippen LogP contribution in [-0.2, 0) is 14.3 Å². The summed E-state index contributed by atoms with van der Waals surface area (Å²) >= 11 is 0. The summed E-state index contributed by atoms with van der Waals surface area (Å²) in [5, 5.41) is 0. The van der Waals surface area contributed by atoms with Crippen LogP contribution in [0.25, 0.3) is 0 Å². The molecule has 88 valence electrons. The first kappa shape index (κ1) is 12.8. The lowest BCUT2D eigenvalue weighted by atomic mass is 10.1. The van der Waals surface area contributed by atoms with Gasteiger partial charge in [0.25, 0.3) is 0 Å². The maximum absolute atomic E-state index is 11.5. The number of hydrogen-bond acceptors (Lipinski definition) is 3. The molecule has 1 heterocycles. The Morgan fingerprint density at radius 1 is 1.12 bits per heavy atom. The van der Waals surface area contributed by atoms with Crippen molar-refractivity contribution in [1.82, 2.24) is 0 Å². The Labute approximate surface area is 96.2 Å². The van der Waals surface area contributed by atoms with E-state index in [2.05, 4.69) is 6.08 Å². The molecular formula is C13H18O3. The molecule has 0 aromatic heterocycles. The maximum atomic E-state index is 11.5. The van der Waals surface area contributed by atoms with Crippen molar-refractivity contribution in [1.29, 1.82) is 0 Å². The zero-order chi connectivity index (χ0) is 12.0. The van der Waals surface area contributed by atoms with Crippen LogP contribution in [0.2, 0.25) is 0 Å². The number of ether oxygens (including phenoxy) is 1. The first-order valence-electron chi connectivity index (χ1n) is 5.61. The Balaban J connectivity index is 2.14. The molecular weight excluding hydrogens is 204 g/mol. The van der Waals surface area contributed by atoms with Crippen LogP contribution in [0.1, 0.15) is 33.1 Å². The lowest BCUT2D eigenvalue weighted by Gasteiger charge is -1.90. The highest BCUT2D eigenvalue weighted by Gasteiger charge is 2.47. The fraction of sp³-hybridized carbons (Fsp3) is 0.538. The zero-order valence-electron chi connectivity index (χ0n) is 9.81. The van der Waals surface area contributed by atoms with E-state index in [4.69, 9.17) is 4.74 Å². The predicted octanol–water partition coefficient (Wildman–Crippen LogP) is 2.21. The molecule has 0 amide bonds. The van der Waals surface area contributed by atoms with E-state index in [-0.39, 0.29) is 11.6 Å². The van der Waals surface area contributed by atoms with Gasteiger partial charge in [-0.3, -0.25) is 9.59 Å². The van der Waals surface area contributed by atoms with Crippen molar-refractivity contribution in [3.63, 3.8) is 0 Å². The number of rotatable bonds is 7. The molecule has 1 fully saturated rings. The summed E-state index contributed by atoms with van der Waals surface area (Å²) in [5.74, 6) is -0.0575. The first-order chi connectivity index (χ1) is 7.66. The summed E-state index contributed by atoms with van der Waals surface area (Å²) in [7, 11) is 0. The third-order valence-corrected chi connectivity index (χ3v) is 2.43. The molecule has 0 aromatic rings. The standard InChI is InChI=1S/C13H18O3/c1-3-4-5-6-7-8-9-11(15)13-12(16-13)10(2)14/h3-4,7-8,12-13H,5-6,9H2,1-2H3/b4-3+,8-7+. The Morgan fingerprint density at radius 2 is 1.81 bits per heavy atom. The number of carbonyl (C=O) groups excluding carboxylic acids is 2. The fourth-order valence-corrected chi connectivity index (χ4v) is 1.46. The number of hydrogen-bond donors (Lipinski definition) is 0. The van der Waals surface area contributed by atoms with Gasteiger partial charge < -0.3 is 4.74 Å². The number of carbonyl (C=O) groups is 2. The molecule has 2 unspecified atom stereocenters. The van der Waals surface area contributed by atoms with Crippen LogP contribution in [0.5, 0.6) is 0 Å². The molecule has 0 bridgehead atoms. The van der Waals surface area contributed by atoms with E-state index < -0.39 is 12.2 Å². The van der Waals surface area contributed by atoms with Gasteiger partial charge in [-0.15, -0.1) is 0 Å². The van der Waals surface area contributed by atoms with Crippen LogP contribution in [0.3, 0.4) is 0 Å². The van der Waals surface area contributed by atoms with E-state index in [0.29, 0.717) is 6.42 Å². The van der Waals surface area contributed by atoms with Crippen LogP contribution in [0.15, 0.2) is 24.3 Å². The molecule has 0 aliphatic carbocycles. The van der Waals surface area contributed by atoms with Gasteiger partial charge in [-0.1, -0.05) is 24.3 Å². The fourth-order valence-electron chi connectivity index (χ4n) is 1.46. The molecule has 0 N–H and O–H groups in total. The van der Waals surface area contributed by atoms with Crippen LogP contribution in [-0.4, -0.2) is 23.8 Å². The molecule has 0 spiro atoms. The van der Waals surface area contributed by atoms with E-state index in [1.807, 2.05) is 25.2 Å². The van der Waals surface area contributed by atoms with Gasteiger partial charge in [0, 0.05) is 6.42 Å². The van der Waals surface area contributed by atoms with Gasteiger partial charge in [0.1, 0.15) is 6.10 Å². The van der Waals surface area contributed by atoms with Crippen LogP contribution in [0.4, 0.5) is 0 Å². The quantitative estimate of drug-likeness (QED) is 0.377. The second-order valence-electron chi connectivity index (χ2n) is 3.88. The smallest absolute Gasteiger partial charge is 0.168 e. The van der Waals surface area contributed by atoms with Gasteiger partial charge in [0.05, 0.1) is 0 Å². The van der Waals surface area contributed by atoms with Crippen LogP contribution >= 0.6 is 0 Å². The van der Waals surface area contributed by atoms with Gasteiger partial charge in [0.2, 0.25) is 0 Å². The third kappa shape index (κ3) is 4.11. The average Bonchev–Trinajstić information content (AvgIpc) is 3.02. The molecule has 3 nitrogen and oxygen atoms in total. The van der Waals surface area contributed by atoms with Crippen molar-refractivity contribution < 1.29 is 14.3 Å². The van der Waals surface area contributed by atoms with Crippen molar-refractivity contribution in [2.75, 3.05) is 0 Å². The zero-order valence-corrected chi connectivity index (χ0v) is 9.81. The van der Waals surface area contributed by atoms with Crippen LogP contribution < -0.4 is 0 Å². The summed E-state index contributed by atoms with van der Waals surface area (Å²) in [4.78, 5) is 22.3. The summed E-state index contributed by atoms with van der Waals surface area (Å²) in [6.45, 7) is 3.43. The first-order valence-corrected chi connectivity index (χ1v) is 5.61. The number of Topliss-reactive ketones (excluding diaryl/α,β-unsaturated/α-hetero) is 2. The molecule has 1 rings (SSSR count). The minimum absolute atomic E-state index is 0.00230. The van der Waals surface area contributed by atoms with E-state index in [9.17, 15) is 9.59 Å². The maximum Gasteiger partial charge on any atom is 0.168 e. The van der Waals surface area contributed by atoms with E-state index in [1.54, 1.807) is 0 Å². The highest BCUT2D eigenvalue weighted by molar-refractivity contribution is 5.96. The second-order valence-corrected chi connectivity index (χ2v) is 3.88. The summed E-state index contributed by atoms with van der Waals surface area (Å²) < 4.78 is 4.99. The number of ketones is 2. The van der Waals surface area contributed by atoms with Crippen molar-refractivity contribution >= 4 is 11.6 Å². The normalized spacial score (nSPS) is 24.1.